The van der Waals surface area contributed by atoms with Crippen LogP contribution in [0.3, 0.4) is 0 Å². The Morgan fingerprint density at radius 1 is 1.04 bits per heavy atom. The first kappa shape index (κ1) is 31.0. The zero-order valence-corrected chi connectivity index (χ0v) is 25.4. The van der Waals surface area contributed by atoms with Gasteiger partial charge in [-0.15, -0.1) is 10.2 Å². The topological polar surface area (TPSA) is 272 Å². The van der Waals surface area contributed by atoms with Gasteiger partial charge in [0.05, 0.1) is 13.2 Å². The fourth-order valence-electron chi connectivity index (χ4n) is 5.07. The van der Waals surface area contributed by atoms with Crippen LogP contribution >= 0.6 is 13.4 Å². The lowest BCUT2D eigenvalue weighted by Crippen LogP contribution is -2.52. The number of rotatable bonds is 2. The monoisotopic (exact) mass is 712 g/mol. The minimum absolute atomic E-state index is 0.0189. The molecule has 2 bridgehead atoms. The van der Waals surface area contributed by atoms with Gasteiger partial charge >= 0.3 is 13.4 Å². The van der Waals surface area contributed by atoms with E-state index in [-0.39, 0.29) is 22.8 Å². The number of fused-ring (bicyclic) bond motifs is 5. The Balaban J connectivity index is 1.17. The van der Waals surface area contributed by atoms with Crippen LogP contribution in [-0.2, 0) is 56.0 Å². The number of carbonyl (C=O) groups is 1. The molecular weight excluding hydrogens is 692 g/mol. The zero-order chi connectivity index (χ0) is 31.8. The van der Waals surface area contributed by atoms with Crippen LogP contribution < -0.4 is 11.1 Å². The van der Waals surface area contributed by atoms with Crippen LogP contribution in [0.2, 0.25) is 0 Å². The molecule has 7 heterocycles. The van der Waals surface area contributed by atoms with Gasteiger partial charge in [-0.05, 0) is 23.6 Å². The number of anilines is 1. The van der Waals surface area contributed by atoms with Gasteiger partial charge in [0, 0.05) is 0 Å². The molecule has 0 saturated carbocycles. The fraction of sp³-hybridized carbons (Fsp3) is 0.611. The van der Waals surface area contributed by atoms with E-state index >= 15 is 8.78 Å². The molecule has 6 N–H and O–H groups in total. The standard InChI is InChI=1S/C18H20F2N12O9P2S2/c19-6-4-1-36-42(34,44)40-10-5(39-16(7(10)20)31-13-8(27-29-31)12(21)23-3-24-13)2-37-43(35,45)41-11(6)17(38-4)32-14-9(28-30-32)15(33)26-18(22)25-14/h3-7,9-11,16-17H,1-2H2,(H,34,44)(H,35,45)(H2,21,23,24)(H2,22,26,33)/t4-,5-,6-,7+,9?,10-,11-,16-,17-,42?,43?/m1/s1. The van der Waals surface area contributed by atoms with Crippen molar-refractivity contribution in [3.8, 4) is 0 Å². The second-order valence-electron chi connectivity index (χ2n) is 9.91. The smallest absolute Gasteiger partial charge is 0.325 e. The average molecular weight is 713 g/mol. The lowest BCUT2D eigenvalue weighted by Gasteiger charge is -2.30. The number of hydrogen-bond donors (Lipinski definition) is 5. The molecule has 5 aliphatic rings. The summed E-state index contributed by atoms with van der Waals surface area (Å²) in [6.45, 7) is -10.2. The first-order chi connectivity index (χ1) is 21.3. The number of aromatic nitrogens is 5. The van der Waals surface area contributed by atoms with E-state index in [1.54, 1.807) is 0 Å². The van der Waals surface area contributed by atoms with Crippen molar-refractivity contribution in [1.29, 1.82) is 5.41 Å². The van der Waals surface area contributed by atoms with Gasteiger partial charge in [0.1, 0.15) is 30.7 Å². The van der Waals surface area contributed by atoms with E-state index in [4.69, 9.17) is 62.3 Å². The molecule has 21 nitrogen and oxygen atoms in total. The maximum absolute atomic E-state index is 15.9. The Morgan fingerprint density at radius 3 is 2.49 bits per heavy atom. The van der Waals surface area contributed by atoms with Gasteiger partial charge in [-0.3, -0.25) is 24.6 Å². The summed E-state index contributed by atoms with van der Waals surface area (Å²) in [6, 6.07) is -1.27. The summed E-state index contributed by atoms with van der Waals surface area (Å²) in [4.78, 5) is 45.8. The third-order valence-electron chi connectivity index (χ3n) is 7.08. The van der Waals surface area contributed by atoms with E-state index < -0.39 is 93.8 Å². The third-order valence-corrected chi connectivity index (χ3v) is 10.2. The number of carbonyl (C=O) groups excluding carboxylic acids is 1. The number of nitrogen functional groups attached to an aromatic ring is 1. The molecule has 3 fully saturated rings. The highest BCUT2D eigenvalue weighted by atomic mass is 32.5. The van der Waals surface area contributed by atoms with Crippen molar-refractivity contribution < 1.29 is 50.9 Å². The highest BCUT2D eigenvalue weighted by molar-refractivity contribution is 8.07. The molecule has 0 spiro atoms. The molecule has 3 unspecified atom stereocenters. The predicted octanol–water partition coefficient (Wildman–Crippen LogP) is -1.13. The Kier molecular flexibility index (Phi) is 7.73. The van der Waals surface area contributed by atoms with Crippen LogP contribution in [0.1, 0.15) is 6.23 Å². The van der Waals surface area contributed by atoms with Crippen molar-refractivity contribution in [2.24, 2.45) is 15.3 Å². The van der Waals surface area contributed by atoms with Gasteiger partial charge < -0.3 is 34.0 Å². The average Bonchev–Trinajstić information content (AvgIpc) is 3.72. The second-order valence-corrected chi connectivity index (χ2v) is 15.5. The minimum atomic E-state index is -4.40. The lowest BCUT2D eigenvalue weighted by atomic mass is 10.1. The minimum Gasteiger partial charge on any atom is -0.382 e. The second kappa shape index (κ2) is 11.2. The number of hydrogen-bond acceptors (Lipinski definition) is 18. The number of amidine groups is 1. The van der Waals surface area contributed by atoms with E-state index in [0.717, 1.165) is 16.0 Å². The number of amides is 1. The van der Waals surface area contributed by atoms with Gasteiger partial charge in [-0.25, -0.2) is 18.7 Å². The normalized spacial score (nSPS) is 42.0. The van der Waals surface area contributed by atoms with Crippen LogP contribution in [0, 0.1) is 5.41 Å². The Bertz CT molecular complexity index is 1740. The largest absolute Gasteiger partial charge is 0.382 e. The van der Waals surface area contributed by atoms with Gasteiger partial charge in [0.25, 0.3) is 5.91 Å². The summed E-state index contributed by atoms with van der Waals surface area (Å²) >= 11 is 10.2. The highest BCUT2D eigenvalue weighted by Crippen LogP contribution is 2.54. The number of alkyl halides is 2. The maximum atomic E-state index is 15.9. The molecule has 242 valence electrons. The zero-order valence-electron chi connectivity index (χ0n) is 22.0. The van der Waals surface area contributed by atoms with Crippen LogP contribution in [0.4, 0.5) is 14.6 Å². The van der Waals surface area contributed by atoms with E-state index in [0.29, 0.717) is 0 Å². The number of nitrogens with one attached hydrogen (secondary N) is 2. The van der Waals surface area contributed by atoms with E-state index in [9.17, 15) is 14.6 Å². The number of ether oxygens (including phenoxy) is 2. The molecule has 3 saturated heterocycles. The number of guanidine groups is 1. The fourth-order valence-corrected chi connectivity index (χ4v) is 7.91. The summed E-state index contributed by atoms with van der Waals surface area (Å²) in [5, 5.41) is 26.1. The van der Waals surface area contributed by atoms with Crippen molar-refractivity contribution in [2.45, 2.75) is 55.3 Å². The van der Waals surface area contributed by atoms with Crippen molar-refractivity contribution >= 4 is 71.7 Å². The summed E-state index contributed by atoms with van der Waals surface area (Å²) in [5.41, 5.74) is 5.88. The molecule has 0 aromatic carbocycles. The van der Waals surface area contributed by atoms with Gasteiger partial charge in [-0.2, -0.15) is 14.7 Å². The molecule has 2 aromatic rings. The van der Waals surface area contributed by atoms with Gasteiger partial charge in [-0.1, -0.05) is 10.4 Å². The van der Waals surface area contributed by atoms with Gasteiger partial charge in [0.2, 0.25) is 12.0 Å². The molecule has 27 heteroatoms. The van der Waals surface area contributed by atoms with E-state index in [2.05, 4.69) is 40.9 Å². The number of halogens is 2. The maximum Gasteiger partial charge on any atom is 0.325 e. The van der Waals surface area contributed by atoms with Crippen LogP contribution in [0.25, 0.3) is 11.2 Å². The van der Waals surface area contributed by atoms with Crippen molar-refractivity contribution in [1.82, 2.24) is 35.3 Å². The summed E-state index contributed by atoms with van der Waals surface area (Å²) in [6.07, 6.45) is -12.7. The van der Waals surface area contributed by atoms with Crippen LogP contribution in [0.15, 0.2) is 21.7 Å². The summed E-state index contributed by atoms with van der Waals surface area (Å²) < 4.78 is 66.0. The number of aliphatic imine (C=N–C) groups is 1. The molecule has 0 radical (unpaired) electrons. The Morgan fingerprint density at radius 2 is 1.73 bits per heavy atom. The van der Waals surface area contributed by atoms with E-state index in [1.165, 1.54) is 0 Å². The molecule has 0 aliphatic carbocycles. The number of nitrogens with zero attached hydrogens (tertiary/aromatic N) is 9. The van der Waals surface area contributed by atoms with Crippen LogP contribution in [-0.4, -0.2) is 120 Å². The van der Waals surface area contributed by atoms with Crippen molar-refractivity contribution in [2.75, 3.05) is 18.9 Å². The lowest BCUT2D eigenvalue weighted by molar-refractivity contribution is -0.119. The molecule has 11 atom stereocenters. The SMILES string of the molecule is N=C1N=C2C(N=NN2[C@@H]2O[C@@H]3COP(O)(=S)O[C@H]4[C@H](F)[C@H](n5nnc6c(N)ncnc65)O[C@@H]4COP(O)(=S)O[C@@H]2[C@@H]3F)C(=O)N1. The first-order valence-electron chi connectivity index (χ1n) is 12.7. The molecular formula is C18H20F2N12O9P2S2. The third kappa shape index (κ3) is 5.55. The van der Waals surface area contributed by atoms with E-state index in [1.807, 2.05) is 0 Å². The molecule has 5 aliphatic heterocycles. The van der Waals surface area contributed by atoms with Gasteiger partial charge in [0.15, 0.2) is 47.6 Å². The van der Waals surface area contributed by atoms with Crippen molar-refractivity contribution in [3.63, 3.8) is 0 Å². The highest BCUT2D eigenvalue weighted by Gasteiger charge is 2.56. The summed E-state index contributed by atoms with van der Waals surface area (Å²) in [7, 11) is 0. The quantitative estimate of drug-likeness (QED) is 0.230. The van der Waals surface area contributed by atoms with Crippen molar-refractivity contribution in [3.05, 3.63) is 6.33 Å². The molecule has 7 rings (SSSR count). The predicted molar refractivity (Wildman–Crippen MR) is 148 cm³/mol. The molecule has 2 aromatic heterocycles. The Hall–Kier alpha value is -2.67. The first-order valence-corrected chi connectivity index (χ1v) is 17.9. The number of nitrogens with two attached hydrogens (primary N) is 1. The van der Waals surface area contributed by atoms with Crippen LogP contribution in [0.5, 0.6) is 0 Å². The molecule has 1 amide bonds. The molecule has 45 heavy (non-hydrogen) atoms. The summed E-state index contributed by atoms with van der Waals surface area (Å²) in [5.74, 6) is -1.46. The Labute approximate surface area is 259 Å².